The van der Waals surface area contributed by atoms with Crippen molar-refractivity contribution < 1.29 is 7.53 Å². The van der Waals surface area contributed by atoms with Crippen LogP contribution < -0.4 is 8.79 Å². The molecule has 2 spiro atoms. The standard InChI is InChI=1S/C24H30GeO2/c1-5-13-21(14-6-1)25(22-15-7-2-8-16-22)26-23(17-9-3-10-18-23)24(27-25)19-11-4-12-20-24/h1-2,5-8,13-16H,3-4,9-12,17-20H2. The maximum absolute atomic E-state index is 7.41. The van der Waals surface area contributed by atoms with E-state index in [0.29, 0.717) is 0 Å². The zero-order chi connectivity index (χ0) is 18.2. The van der Waals surface area contributed by atoms with E-state index in [1.165, 1.54) is 73.0 Å². The average molecular weight is 423 g/mol. The summed E-state index contributed by atoms with van der Waals surface area (Å²) in [5.41, 5.74) is -0.116. The van der Waals surface area contributed by atoms with Crippen molar-refractivity contribution in [2.75, 3.05) is 0 Å². The fourth-order valence-corrected chi connectivity index (χ4v) is 14.2. The Morgan fingerprint density at radius 1 is 0.519 bits per heavy atom. The molecule has 0 N–H and O–H groups in total. The Morgan fingerprint density at radius 2 is 0.889 bits per heavy atom. The van der Waals surface area contributed by atoms with Crippen LogP contribution in [0.5, 0.6) is 0 Å². The van der Waals surface area contributed by atoms with E-state index in [9.17, 15) is 0 Å². The van der Waals surface area contributed by atoms with Gasteiger partial charge in [0.2, 0.25) is 0 Å². The third kappa shape index (κ3) is 2.83. The molecule has 3 fully saturated rings. The Morgan fingerprint density at radius 3 is 1.26 bits per heavy atom. The van der Waals surface area contributed by atoms with Crippen LogP contribution in [0.2, 0.25) is 0 Å². The monoisotopic (exact) mass is 424 g/mol. The molecule has 142 valence electrons. The molecular formula is C24H30GeO2. The fourth-order valence-electron chi connectivity index (χ4n) is 5.84. The summed E-state index contributed by atoms with van der Waals surface area (Å²) in [5.74, 6) is 0. The van der Waals surface area contributed by atoms with Crippen molar-refractivity contribution >= 4 is 22.7 Å². The molecule has 2 aromatic carbocycles. The van der Waals surface area contributed by atoms with Crippen molar-refractivity contribution in [3.8, 4) is 0 Å². The summed E-state index contributed by atoms with van der Waals surface area (Å²) in [6.45, 7) is 0. The van der Waals surface area contributed by atoms with Crippen LogP contribution in [-0.2, 0) is 7.53 Å². The van der Waals surface area contributed by atoms with Crippen molar-refractivity contribution in [2.45, 2.75) is 75.4 Å². The SMILES string of the molecule is c1cc[c]([Ge]2([c]3ccccc3)[O]C3(CCCCC3)C3(CCCCC3)[O]2)cc1. The second-order valence-corrected chi connectivity index (χ2v) is 14.5. The second-order valence-electron chi connectivity index (χ2n) is 8.66. The molecule has 1 heterocycles. The van der Waals surface area contributed by atoms with E-state index in [-0.39, 0.29) is 11.2 Å². The van der Waals surface area contributed by atoms with E-state index in [0.717, 1.165) is 0 Å². The average Bonchev–Trinajstić information content (AvgIpc) is 3.01. The zero-order valence-electron chi connectivity index (χ0n) is 16.2. The molecule has 3 aliphatic rings. The van der Waals surface area contributed by atoms with Gasteiger partial charge in [-0.05, 0) is 0 Å². The number of hydrogen-bond acceptors (Lipinski definition) is 2. The van der Waals surface area contributed by atoms with E-state index in [1.54, 1.807) is 0 Å². The van der Waals surface area contributed by atoms with Gasteiger partial charge >= 0.3 is 166 Å². The zero-order valence-corrected chi connectivity index (χ0v) is 18.3. The molecule has 0 amide bonds. The van der Waals surface area contributed by atoms with Gasteiger partial charge in [0, 0.05) is 0 Å². The Balaban J connectivity index is 1.68. The number of hydrogen-bond donors (Lipinski definition) is 0. The van der Waals surface area contributed by atoms with Crippen LogP contribution in [0, 0.1) is 0 Å². The minimum atomic E-state index is -3.38. The van der Waals surface area contributed by atoms with Crippen LogP contribution in [0.25, 0.3) is 0 Å². The van der Waals surface area contributed by atoms with E-state index in [2.05, 4.69) is 60.7 Å². The van der Waals surface area contributed by atoms with Gasteiger partial charge in [-0.25, -0.2) is 0 Å². The first kappa shape index (κ1) is 18.0. The van der Waals surface area contributed by atoms with Crippen molar-refractivity contribution in [3.63, 3.8) is 0 Å². The number of benzene rings is 2. The topological polar surface area (TPSA) is 18.5 Å². The predicted molar refractivity (Wildman–Crippen MR) is 112 cm³/mol. The van der Waals surface area contributed by atoms with Crippen molar-refractivity contribution in [1.82, 2.24) is 0 Å². The molecule has 0 aromatic heterocycles. The van der Waals surface area contributed by atoms with Gasteiger partial charge in [-0.3, -0.25) is 0 Å². The van der Waals surface area contributed by atoms with Gasteiger partial charge in [0.25, 0.3) is 0 Å². The maximum atomic E-state index is 7.41. The molecule has 2 aliphatic carbocycles. The molecule has 2 aromatic rings. The van der Waals surface area contributed by atoms with Crippen LogP contribution >= 0.6 is 0 Å². The molecule has 5 rings (SSSR count). The summed E-state index contributed by atoms with van der Waals surface area (Å²) >= 11 is -3.38. The number of fused-ring (bicyclic) bond motifs is 1. The van der Waals surface area contributed by atoms with Crippen LogP contribution in [0.15, 0.2) is 60.7 Å². The Bertz CT molecular complexity index is 694. The van der Waals surface area contributed by atoms with E-state index < -0.39 is 13.9 Å². The van der Waals surface area contributed by atoms with Gasteiger partial charge in [-0.2, -0.15) is 0 Å². The Kier molecular flexibility index (Phi) is 4.70. The van der Waals surface area contributed by atoms with E-state index >= 15 is 0 Å². The van der Waals surface area contributed by atoms with Gasteiger partial charge in [0.15, 0.2) is 0 Å². The summed E-state index contributed by atoms with van der Waals surface area (Å²) in [4.78, 5) is 0. The Hall–Kier alpha value is -1.10. The first-order valence-electron chi connectivity index (χ1n) is 10.8. The summed E-state index contributed by atoms with van der Waals surface area (Å²) < 4.78 is 17.4. The van der Waals surface area contributed by atoms with Crippen molar-refractivity contribution in [3.05, 3.63) is 60.7 Å². The summed E-state index contributed by atoms with van der Waals surface area (Å²) in [6, 6.07) is 21.8. The first-order valence-corrected chi connectivity index (χ1v) is 14.6. The normalized spacial score (nSPS) is 25.6. The second kappa shape index (κ2) is 7.06. The van der Waals surface area contributed by atoms with Crippen LogP contribution in [0.4, 0.5) is 0 Å². The summed E-state index contributed by atoms with van der Waals surface area (Å²) in [6.07, 6.45) is 12.6. The fraction of sp³-hybridized carbons (Fsp3) is 0.500. The Labute approximate surface area is 166 Å². The first-order chi connectivity index (χ1) is 13.3. The van der Waals surface area contributed by atoms with Crippen molar-refractivity contribution in [1.29, 1.82) is 0 Å². The van der Waals surface area contributed by atoms with E-state index in [1.807, 2.05) is 0 Å². The van der Waals surface area contributed by atoms with Gasteiger partial charge in [0.1, 0.15) is 0 Å². The molecule has 3 heteroatoms. The molecule has 2 nitrogen and oxygen atoms in total. The van der Waals surface area contributed by atoms with Gasteiger partial charge in [0.05, 0.1) is 0 Å². The molecule has 27 heavy (non-hydrogen) atoms. The third-order valence-corrected chi connectivity index (χ3v) is 14.6. The van der Waals surface area contributed by atoms with Gasteiger partial charge in [-0.1, -0.05) is 0 Å². The molecule has 0 bridgehead atoms. The van der Waals surface area contributed by atoms with Gasteiger partial charge < -0.3 is 0 Å². The van der Waals surface area contributed by atoms with Crippen LogP contribution in [-0.4, -0.2) is 25.1 Å². The molecule has 1 aliphatic heterocycles. The quantitative estimate of drug-likeness (QED) is 0.653. The molecule has 0 radical (unpaired) electrons. The molecule has 2 saturated carbocycles. The van der Waals surface area contributed by atoms with Gasteiger partial charge in [-0.15, -0.1) is 0 Å². The predicted octanol–water partition coefficient (Wildman–Crippen LogP) is 4.70. The minimum absolute atomic E-state index is 0.0582. The molecular weight excluding hydrogens is 393 g/mol. The van der Waals surface area contributed by atoms with Crippen LogP contribution in [0.3, 0.4) is 0 Å². The summed E-state index contributed by atoms with van der Waals surface area (Å²) in [5, 5.41) is 0. The molecule has 1 saturated heterocycles. The molecule has 0 unspecified atom stereocenters. The van der Waals surface area contributed by atoms with Crippen LogP contribution in [0.1, 0.15) is 64.2 Å². The van der Waals surface area contributed by atoms with Crippen molar-refractivity contribution in [2.24, 2.45) is 0 Å². The third-order valence-electron chi connectivity index (χ3n) is 7.14. The number of rotatable bonds is 2. The summed E-state index contributed by atoms with van der Waals surface area (Å²) in [7, 11) is 0. The van der Waals surface area contributed by atoms with E-state index in [4.69, 9.17) is 7.53 Å². The molecule has 0 atom stereocenters.